The van der Waals surface area contributed by atoms with Crippen molar-refractivity contribution in [3.05, 3.63) is 33.8 Å². The number of aryl methyl sites for hydroxylation is 1. The summed E-state index contributed by atoms with van der Waals surface area (Å²) in [5.74, 6) is -0.0620. The predicted octanol–water partition coefficient (Wildman–Crippen LogP) is 1.70. The van der Waals surface area contributed by atoms with E-state index >= 15 is 0 Å². The summed E-state index contributed by atoms with van der Waals surface area (Å²) in [6, 6.07) is 7.36. The Morgan fingerprint density at radius 1 is 1.61 bits per heavy atom. The van der Waals surface area contributed by atoms with Crippen molar-refractivity contribution in [2.45, 2.75) is 13.0 Å². The summed E-state index contributed by atoms with van der Waals surface area (Å²) in [5.41, 5.74) is 1.59. The number of benzene rings is 1. The molecule has 1 aliphatic rings. The zero-order chi connectivity index (χ0) is 13.1. The van der Waals surface area contributed by atoms with Crippen molar-refractivity contribution in [2.24, 2.45) is 0 Å². The van der Waals surface area contributed by atoms with Gasteiger partial charge in [0.1, 0.15) is 6.04 Å². The number of hydrogen-bond donors (Lipinski definition) is 1. The first-order chi connectivity index (χ1) is 8.63. The summed E-state index contributed by atoms with van der Waals surface area (Å²) in [4.78, 5) is 14.1. The molecular formula is C13H14BrN3O. The lowest BCUT2D eigenvalue weighted by molar-refractivity contribution is 0.0686. The second-order valence-electron chi connectivity index (χ2n) is 4.31. The van der Waals surface area contributed by atoms with E-state index in [1.54, 1.807) is 11.0 Å². The van der Waals surface area contributed by atoms with Gasteiger partial charge in [-0.2, -0.15) is 5.26 Å². The number of nitriles is 1. The van der Waals surface area contributed by atoms with E-state index < -0.39 is 0 Å². The number of nitrogens with one attached hydrogen (secondary N) is 1. The molecule has 1 fully saturated rings. The van der Waals surface area contributed by atoms with E-state index in [2.05, 4.69) is 27.3 Å². The normalized spacial score (nSPS) is 19.4. The van der Waals surface area contributed by atoms with Gasteiger partial charge in [0.25, 0.3) is 5.91 Å². The zero-order valence-electron chi connectivity index (χ0n) is 10.1. The van der Waals surface area contributed by atoms with Crippen LogP contribution in [-0.2, 0) is 0 Å². The van der Waals surface area contributed by atoms with Gasteiger partial charge in [0.15, 0.2) is 0 Å². The molecule has 0 bridgehead atoms. The van der Waals surface area contributed by atoms with Crippen molar-refractivity contribution in [1.82, 2.24) is 10.2 Å². The van der Waals surface area contributed by atoms with Crippen molar-refractivity contribution < 1.29 is 4.79 Å². The molecule has 0 saturated carbocycles. The Balaban J connectivity index is 2.27. The van der Waals surface area contributed by atoms with Crippen LogP contribution >= 0.6 is 15.9 Å². The largest absolute Gasteiger partial charge is 0.320 e. The van der Waals surface area contributed by atoms with Crippen LogP contribution in [0.5, 0.6) is 0 Å². The highest BCUT2D eigenvalue weighted by atomic mass is 79.9. The molecule has 1 aliphatic heterocycles. The van der Waals surface area contributed by atoms with Crippen LogP contribution in [0.2, 0.25) is 0 Å². The van der Waals surface area contributed by atoms with E-state index in [9.17, 15) is 4.79 Å². The first-order valence-electron chi connectivity index (χ1n) is 5.81. The average Bonchev–Trinajstić information content (AvgIpc) is 2.38. The van der Waals surface area contributed by atoms with Gasteiger partial charge in [-0.3, -0.25) is 4.79 Å². The average molecular weight is 308 g/mol. The van der Waals surface area contributed by atoms with E-state index in [-0.39, 0.29) is 11.9 Å². The fourth-order valence-electron chi connectivity index (χ4n) is 2.08. The molecule has 0 radical (unpaired) electrons. The molecule has 0 aliphatic carbocycles. The third-order valence-electron chi connectivity index (χ3n) is 3.07. The Morgan fingerprint density at radius 3 is 3.06 bits per heavy atom. The van der Waals surface area contributed by atoms with E-state index in [0.29, 0.717) is 18.7 Å². The van der Waals surface area contributed by atoms with Crippen molar-refractivity contribution in [3.63, 3.8) is 0 Å². The van der Waals surface area contributed by atoms with Crippen molar-refractivity contribution >= 4 is 21.8 Å². The summed E-state index contributed by atoms with van der Waals surface area (Å²) < 4.78 is 0.952. The molecule has 1 aromatic rings. The van der Waals surface area contributed by atoms with Crippen molar-refractivity contribution in [3.8, 4) is 6.07 Å². The van der Waals surface area contributed by atoms with Gasteiger partial charge < -0.3 is 10.2 Å². The smallest absolute Gasteiger partial charge is 0.255 e. The number of carbonyl (C=O) groups is 1. The Morgan fingerprint density at radius 2 is 2.39 bits per heavy atom. The predicted molar refractivity (Wildman–Crippen MR) is 72.2 cm³/mol. The first kappa shape index (κ1) is 13.1. The number of rotatable bonds is 1. The fraction of sp³-hybridized carbons (Fsp3) is 0.385. The highest BCUT2D eigenvalue weighted by Gasteiger charge is 2.27. The zero-order valence-corrected chi connectivity index (χ0v) is 11.7. The molecule has 1 saturated heterocycles. The Kier molecular flexibility index (Phi) is 4.00. The molecule has 18 heavy (non-hydrogen) atoms. The summed E-state index contributed by atoms with van der Waals surface area (Å²) in [6.45, 7) is 3.76. The van der Waals surface area contributed by atoms with Gasteiger partial charge in [-0.25, -0.2) is 0 Å². The maximum Gasteiger partial charge on any atom is 0.255 e. The SMILES string of the molecule is Cc1cc(Br)ccc1C(=O)N1CCNCC1C#N. The molecule has 0 spiro atoms. The van der Waals surface area contributed by atoms with Gasteiger partial charge >= 0.3 is 0 Å². The Hall–Kier alpha value is -1.38. The van der Waals surface area contributed by atoms with Crippen LogP contribution in [0, 0.1) is 18.3 Å². The lowest BCUT2D eigenvalue weighted by Gasteiger charge is -2.32. The molecule has 94 valence electrons. The first-order valence-corrected chi connectivity index (χ1v) is 6.60. The highest BCUT2D eigenvalue weighted by molar-refractivity contribution is 9.10. The summed E-state index contributed by atoms with van der Waals surface area (Å²) in [6.07, 6.45) is 0. The van der Waals surface area contributed by atoms with E-state index in [1.807, 2.05) is 19.1 Å². The van der Waals surface area contributed by atoms with E-state index in [1.165, 1.54) is 0 Å². The van der Waals surface area contributed by atoms with Crippen LogP contribution in [0.4, 0.5) is 0 Å². The van der Waals surface area contributed by atoms with Crippen molar-refractivity contribution in [2.75, 3.05) is 19.6 Å². The van der Waals surface area contributed by atoms with Crippen LogP contribution in [0.1, 0.15) is 15.9 Å². The van der Waals surface area contributed by atoms with Gasteiger partial charge in [0, 0.05) is 29.7 Å². The van der Waals surface area contributed by atoms with Crippen LogP contribution in [0.3, 0.4) is 0 Å². The second-order valence-corrected chi connectivity index (χ2v) is 5.22. The van der Waals surface area contributed by atoms with Crippen molar-refractivity contribution in [1.29, 1.82) is 5.26 Å². The third-order valence-corrected chi connectivity index (χ3v) is 3.57. The molecule has 0 aromatic heterocycles. The van der Waals surface area contributed by atoms with Gasteiger partial charge in [0.05, 0.1) is 6.07 Å². The number of amides is 1. The summed E-state index contributed by atoms with van der Waals surface area (Å²) in [7, 11) is 0. The number of nitrogens with zero attached hydrogens (tertiary/aromatic N) is 2. The number of carbonyl (C=O) groups excluding carboxylic acids is 1. The molecular weight excluding hydrogens is 294 g/mol. The number of hydrogen-bond acceptors (Lipinski definition) is 3. The van der Waals surface area contributed by atoms with Gasteiger partial charge in [-0.05, 0) is 30.7 Å². The summed E-state index contributed by atoms with van der Waals surface area (Å²) in [5, 5.41) is 12.2. The number of halogens is 1. The molecule has 4 nitrogen and oxygen atoms in total. The summed E-state index contributed by atoms with van der Waals surface area (Å²) >= 11 is 3.38. The van der Waals surface area contributed by atoms with Crippen LogP contribution in [-0.4, -0.2) is 36.5 Å². The Bertz CT molecular complexity index is 509. The fourth-order valence-corrected chi connectivity index (χ4v) is 2.56. The molecule has 1 amide bonds. The Labute approximate surface area is 115 Å². The molecule has 2 rings (SSSR count). The van der Waals surface area contributed by atoms with E-state index in [4.69, 9.17) is 5.26 Å². The lowest BCUT2D eigenvalue weighted by atomic mass is 10.1. The third kappa shape index (κ3) is 2.55. The van der Waals surface area contributed by atoms with Gasteiger partial charge in [-0.15, -0.1) is 0 Å². The van der Waals surface area contributed by atoms with E-state index in [0.717, 1.165) is 16.6 Å². The quantitative estimate of drug-likeness (QED) is 0.859. The molecule has 1 heterocycles. The van der Waals surface area contributed by atoms with Crippen LogP contribution in [0.25, 0.3) is 0 Å². The van der Waals surface area contributed by atoms with Crippen LogP contribution in [0.15, 0.2) is 22.7 Å². The minimum absolute atomic E-state index is 0.0620. The molecule has 1 unspecified atom stereocenters. The maximum absolute atomic E-state index is 12.4. The lowest BCUT2D eigenvalue weighted by Crippen LogP contribution is -2.53. The molecule has 1 N–H and O–H groups in total. The molecule has 5 heteroatoms. The second kappa shape index (κ2) is 5.51. The monoisotopic (exact) mass is 307 g/mol. The minimum atomic E-state index is -0.380. The number of piperazine rings is 1. The maximum atomic E-state index is 12.4. The molecule has 1 aromatic carbocycles. The van der Waals surface area contributed by atoms with Crippen LogP contribution < -0.4 is 5.32 Å². The molecule has 1 atom stereocenters. The standard InChI is InChI=1S/C13H14BrN3O/c1-9-6-10(14)2-3-12(9)13(18)17-5-4-16-8-11(17)7-15/h2-3,6,11,16H,4-5,8H2,1H3. The highest BCUT2D eigenvalue weighted by Crippen LogP contribution is 2.18. The van der Waals surface area contributed by atoms with Gasteiger partial charge in [-0.1, -0.05) is 15.9 Å². The van der Waals surface area contributed by atoms with Gasteiger partial charge in [0.2, 0.25) is 0 Å². The topological polar surface area (TPSA) is 56.1 Å². The minimum Gasteiger partial charge on any atom is -0.320 e.